The molecule has 0 bridgehead atoms. The summed E-state index contributed by atoms with van der Waals surface area (Å²) in [5.74, 6) is 2.45. The van der Waals surface area contributed by atoms with Crippen molar-refractivity contribution in [2.45, 2.75) is 51.9 Å². The second kappa shape index (κ2) is 8.69. The lowest BCUT2D eigenvalue weighted by Crippen LogP contribution is -2.11. The normalized spacial score (nSPS) is 20.4. The van der Waals surface area contributed by atoms with Gasteiger partial charge in [-0.3, -0.25) is 4.79 Å². The van der Waals surface area contributed by atoms with Gasteiger partial charge in [-0.05, 0) is 49.7 Å². The summed E-state index contributed by atoms with van der Waals surface area (Å²) in [5.41, 5.74) is 4.79. The Balaban J connectivity index is 1.53. The van der Waals surface area contributed by atoms with Crippen LogP contribution in [0.15, 0.2) is 53.8 Å². The van der Waals surface area contributed by atoms with Crippen LogP contribution in [0.5, 0.6) is 0 Å². The highest BCUT2D eigenvalue weighted by Crippen LogP contribution is 2.53. The van der Waals surface area contributed by atoms with Crippen molar-refractivity contribution in [3.05, 3.63) is 59.3 Å². The summed E-state index contributed by atoms with van der Waals surface area (Å²) in [4.78, 5) is 18.8. The molecule has 1 aromatic rings. The smallest absolute Gasteiger partial charge is 0.168 e. The predicted octanol–water partition coefficient (Wildman–Crippen LogP) is 5.75. The van der Waals surface area contributed by atoms with Crippen LogP contribution < -0.4 is 4.90 Å². The van der Waals surface area contributed by atoms with E-state index in [2.05, 4.69) is 30.6 Å². The fraction of sp³-hybridized carbons (Fsp3) is 0.500. The van der Waals surface area contributed by atoms with Crippen molar-refractivity contribution in [2.24, 2.45) is 11.8 Å². The number of nitrogens with zero attached hydrogens (tertiary/aromatic N) is 2. The number of rotatable bonds is 10. The van der Waals surface area contributed by atoms with Gasteiger partial charge in [0.2, 0.25) is 0 Å². The van der Waals surface area contributed by atoms with Crippen LogP contribution in [0.2, 0.25) is 0 Å². The molecule has 27 heavy (non-hydrogen) atoms. The third-order valence-corrected chi connectivity index (χ3v) is 5.72. The van der Waals surface area contributed by atoms with Crippen LogP contribution in [0.4, 0.5) is 5.82 Å². The number of fused-ring (bicyclic) bond motifs is 1. The van der Waals surface area contributed by atoms with Gasteiger partial charge >= 0.3 is 0 Å². The molecule has 0 aliphatic heterocycles. The molecule has 1 aromatic heterocycles. The highest BCUT2D eigenvalue weighted by molar-refractivity contribution is 5.97. The average Bonchev–Trinajstić information content (AvgIpc) is 3.45. The lowest BCUT2D eigenvalue weighted by molar-refractivity contribution is 0.0992. The van der Waals surface area contributed by atoms with E-state index in [-0.39, 0.29) is 5.78 Å². The molecule has 1 saturated carbocycles. The summed E-state index contributed by atoms with van der Waals surface area (Å²) in [6.45, 7) is 6.44. The zero-order valence-corrected chi connectivity index (χ0v) is 17.0. The van der Waals surface area contributed by atoms with Crippen molar-refractivity contribution in [3.8, 4) is 0 Å². The maximum Gasteiger partial charge on any atom is 0.168 e. The maximum atomic E-state index is 12.5. The number of Topliss-reactive ketones (excluding diaryl/α,β-unsaturated/α-hetero) is 1. The molecule has 2 aliphatic rings. The van der Waals surface area contributed by atoms with Crippen molar-refractivity contribution >= 4 is 11.6 Å². The lowest BCUT2D eigenvalue weighted by atomic mass is 9.90. The van der Waals surface area contributed by atoms with Gasteiger partial charge in [-0.2, -0.15) is 0 Å². The van der Waals surface area contributed by atoms with Crippen molar-refractivity contribution in [1.29, 1.82) is 0 Å². The van der Waals surface area contributed by atoms with Crippen LogP contribution in [-0.2, 0) is 0 Å². The first-order chi connectivity index (χ1) is 13.0. The van der Waals surface area contributed by atoms with Gasteiger partial charge in [0.1, 0.15) is 5.82 Å². The number of aromatic nitrogens is 1. The monoisotopic (exact) mass is 364 g/mol. The molecule has 3 nitrogen and oxygen atoms in total. The summed E-state index contributed by atoms with van der Waals surface area (Å²) in [6.07, 6.45) is 14.1. The van der Waals surface area contributed by atoms with Crippen molar-refractivity contribution in [1.82, 2.24) is 4.98 Å². The quantitative estimate of drug-likeness (QED) is 0.301. The summed E-state index contributed by atoms with van der Waals surface area (Å²) >= 11 is 0. The van der Waals surface area contributed by atoms with E-state index in [0.29, 0.717) is 17.9 Å². The molecule has 2 aliphatic carbocycles. The van der Waals surface area contributed by atoms with Crippen molar-refractivity contribution in [3.63, 3.8) is 0 Å². The number of allylic oxidation sites excluding steroid dienone is 5. The number of pyridine rings is 1. The molecular weight excluding hydrogens is 332 g/mol. The van der Waals surface area contributed by atoms with Gasteiger partial charge in [0, 0.05) is 32.3 Å². The minimum atomic E-state index is 0.109. The highest BCUT2D eigenvalue weighted by atomic mass is 16.1. The molecule has 3 rings (SSSR count). The highest BCUT2D eigenvalue weighted by Gasteiger charge is 2.43. The van der Waals surface area contributed by atoms with Gasteiger partial charge in [0.05, 0.1) is 0 Å². The third kappa shape index (κ3) is 4.97. The average molecular weight is 365 g/mol. The van der Waals surface area contributed by atoms with E-state index in [1.54, 1.807) is 11.8 Å². The van der Waals surface area contributed by atoms with Crippen molar-refractivity contribution < 1.29 is 4.79 Å². The van der Waals surface area contributed by atoms with Crippen LogP contribution in [-0.4, -0.2) is 24.9 Å². The molecule has 0 spiro atoms. The molecule has 0 aromatic carbocycles. The Hall–Kier alpha value is -2.16. The van der Waals surface area contributed by atoms with Gasteiger partial charge in [0.25, 0.3) is 0 Å². The van der Waals surface area contributed by atoms with Gasteiger partial charge in [-0.25, -0.2) is 4.98 Å². The fourth-order valence-corrected chi connectivity index (χ4v) is 4.01. The summed E-state index contributed by atoms with van der Waals surface area (Å²) in [5, 5.41) is 0. The SMILES string of the molecule is C=C(CC(=O)c1ccc(N(C)C)nc1)CC1=CC=C(CCCCC)C2CC12. The molecule has 2 atom stereocenters. The predicted molar refractivity (Wildman–Crippen MR) is 113 cm³/mol. The molecule has 0 saturated heterocycles. The number of anilines is 1. The van der Waals surface area contributed by atoms with Crippen LogP contribution in [0.25, 0.3) is 0 Å². The van der Waals surface area contributed by atoms with Gasteiger partial charge in [-0.1, -0.05) is 55.2 Å². The number of unbranched alkanes of at least 4 members (excludes halogenated alkanes) is 2. The number of hydrogen-bond donors (Lipinski definition) is 0. The molecule has 3 heteroatoms. The Labute approximate surface area is 163 Å². The van der Waals surface area contributed by atoms with E-state index in [9.17, 15) is 4.79 Å². The topological polar surface area (TPSA) is 33.2 Å². The van der Waals surface area contributed by atoms with Gasteiger partial charge in [-0.15, -0.1) is 0 Å². The lowest BCUT2D eigenvalue weighted by Gasteiger charge is -2.15. The minimum Gasteiger partial charge on any atom is -0.363 e. The zero-order valence-electron chi connectivity index (χ0n) is 17.0. The molecule has 0 radical (unpaired) electrons. The Morgan fingerprint density at radius 2 is 1.93 bits per heavy atom. The van der Waals surface area contributed by atoms with E-state index in [4.69, 9.17) is 0 Å². The first-order valence-corrected chi connectivity index (χ1v) is 10.2. The molecule has 144 valence electrons. The van der Waals surface area contributed by atoms with Crippen LogP contribution >= 0.6 is 0 Å². The number of carbonyl (C=O) groups excluding carboxylic acids is 1. The molecule has 0 N–H and O–H groups in total. The van der Waals surface area contributed by atoms with Crippen molar-refractivity contribution in [2.75, 3.05) is 19.0 Å². The maximum absolute atomic E-state index is 12.5. The minimum absolute atomic E-state index is 0.109. The Bertz CT molecular complexity index is 755. The van der Waals surface area contributed by atoms with Gasteiger partial charge < -0.3 is 4.90 Å². The fourth-order valence-electron chi connectivity index (χ4n) is 4.01. The Morgan fingerprint density at radius 3 is 2.59 bits per heavy atom. The van der Waals surface area contributed by atoms with Crippen LogP contribution in [0.3, 0.4) is 0 Å². The third-order valence-electron chi connectivity index (χ3n) is 5.72. The summed E-state index contributed by atoms with van der Waals surface area (Å²) < 4.78 is 0. The summed E-state index contributed by atoms with van der Waals surface area (Å²) in [7, 11) is 3.89. The number of ketones is 1. The Morgan fingerprint density at radius 1 is 1.19 bits per heavy atom. The molecular formula is C24H32N2O. The number of carbonyl (C=O) groups is 1. The first-order valence-electron chi connectivity index (χ1n) is 10.2. The second-order valence-corrected chi connectivity index (χ2v) is 8.22. The van der Waals surface area contributed by atoms with Crippen LogP contribution in [0.1, 0.15) is 62.2 Å². The largest absolute Gasteiger partial charge is 0.363 e. The molecule has 0 amide bonds. The Kier molecular flexibility index (Phi) is 6.30. The van der Waals surface area contributed by atoms with E-state index in [1.807, 2.05) is 31.1 Å². The number of hydrogen-bond acceptors (Lipinski definition) is 3. The van der Waals surface area contributed by atoms with E-state index < -0.39 is 0 Å². The molecule has 2 unspecified atom stereocenters. The van der Waals surface area contributed by atoms with E-state index in [1.165, 1.54) is 37.7 Å². The van der Waals surface area contributed by atoms with E-state index in [0.717, 1.165) is 23.7 Å². The standard InChI is InChI=1S/C24H32N2O/c1-5-6-7-8-18-9-10-19(22-15-21(18)22)13-17(2)14-23(27)20-11-12-24(25-16-20)26(3)4/h9-12,16,21-22H,2,5-8,13-15H2,1,3-4H3. The summed E-state index contributed by atoms with van der Waals surface area (Å²) in [6, 6.07) is 3.75. The zero-order chi connectivity index (χ0) is 19.4. The molecule has 1 fully saturated rings. The van der Waals surface area contributed by atoms with E-state index >= 15 is 0 Å². The van der Waals surface area contributed by atoms with Crippen LogP contribution in [0, 0.1) is 11.8 Å². The second-order valence-electron chi connectivity index (χ2n) is 8.22. The molecule has 1 heterocycles. The van der Waals surface area contributed by atoms with Gasteiger partial charge in [0.15, 0.2) is 5.78 Å². The first kappa shape index (κ1) is 19.6.